The summed E-state index contributed by atoms with van der Waals surface area (Å²) in [6.45, 7) is 4.09. The fraction of sp³-hybridized carbons (Fsp3) is 0.412. The van der Waals surface area contributed by atoms with Crippen molar-refractivity contribution < 1.29 is 9.47 Å². The van der Waals surface area contributed by atoms with Gasteiger partial charge in [0.15, 0.2) is 0 Å². The summed E-state index contributed by atoms with van der Waals surface area (Å²) in [5, 5.41) is 10.3. The summed E-state index contributed by atoms with van der Waals surface area (Å²) < 4.78 is 11.7. The summed E-state index contributed by atoms with van der Waals surface area (Å²) in [5.74, 6) is 0.433. The minimum atomic E-state index is 0.0458. The predicted molar refractivity (Wildman–Crippen MR) is 80.1 cm³/mol. The van der Waals surface area contributed by atoms with Crippen LogP contribution in [0.1, 0.15) is 32.3 Å². The van der Waals surface area contributed by atoms with Crippen LogP contribution in [0.25, 0.3) is 10.9 Å². The van der Waals surface area contributed by atoms with Crippen LogP contribution in [-0.4, -0.2) is 23.3 Å². The normalized spacial score (nSPS) is 25.5. The van der Waals surface area contributed by atoms with Gasteiger partial charge < -0.3 is 9.47 Å². The van der Waals surface area contributed by atoms with Crippen molar-refractivity contribution in [1.29, 1.82) is 5.26 Å². The van der Waals surface area contributed by atoms with Crippen molar-refractivity contribution in [1.82, 2.24) is 4.98 Å². The van der Waals surface area contributed by atoms with Gasteiger partial charge in [0.2, 0.25) is 5.88 Å². The van der Waals surface area contributed by atoms with E-state index in [0.29, 0.717) is 11.4 Å². The summed E-state index contributed by atoms with van der Waals surface area (Å²) in [6.07, 6.45) is 2.03. The molecule has 0 amide bonds. The molecule has 0 spiro atoms. The molecule has 2 unspecified atom stereocenters. The van der Waals surface area contributed by atoms with Crippen molar-refractivity contribution in [2.45, 2.75) is 45.0 Å². The van der Waals surface area contributed by atoms with E-state index in [2.05, 4.69) is 11.1 Å². The van der Waals surface area contributed by atoms with Crippen LogP contribution in [0.4, 0.5) is 0 Å². The molecule has 0 radical (unpaired) electrons. The second kappa shape index (κ2) is 5.71. The van der Waals surface area contributed by atoms with Crippen LogP contribution in [0.3, 0.4) is 0 Å². The molecule has 2 atom stereocenters. The smallest absolute Gasteiger partial charge is 0.232 e. The maximum Gasteiger partial charge on any atom is 0.232 e. The molecule has 4 heteroatoms. The molecule has 0 saturated carbocycles. The van der Waals surface area contributed by atoms with Gasteiger partial charge in [-0.1, -0.05) is 18.2 Å². The first kappa shape index (κ1) is 13.8. The third-order valence-electron chi connectivity index (χ3n) is 3.74. The maximum absolute atomic E-state index is 9.32. The fourth-order valence-electron chi connectivity index (χ4n) is 2.87. The average Bonchev–Trinajstić information content (AvgIpc) is 2.45. The Bertz CT molecular complexity index is 683. The minimum Gasteiger partial charge on any atom is -0.473 e. The van der Waals surface area contributed by atoms with E-state index in [-0.39, 0.29) is 18.3 Å². The summed E-state index contributed by atoms with van der Waals surface area (Å²) in [6, 6.07) is 11.8. The van der Waals surface area contributed by atoms with Crippen LogP contribution in [0.2, 0.25) is 0 Å². The molecule has 1 aliphatic heterocycles. The van der Waals surface area contributed by atoms with Gasteiger partial charge >= 0.3 is 0 Å². The first-order valence-corrected chi connectivity index (χ1v) is 7.27. The van der Waals surface area contributed by atoms with E-state index in [9.17, 15) is 5.26 Å². The molecular weight excluding hydrogens is 264 g/mol. The molecule has 0 bridgehead atoms. The van der Waals surface area contributed by atoms with Crippen LogP contribution in [0, 0.1) is 11.3 Å². The van der Waals surface area contributed by atoms with Crippen molar-refractivity contribution >= 4 is 10.9 Å². The monoisotopic (exact) mass is 282 g/mol. The van der Waals surface area contributed by atoms with Gasteiger partial charge in [0.25, 0.3) is 0 Å². The Hall–Kier alpha value is -2.12. The molecule has 0 N–H and O–H groups in total. The third kappa shape index (κ3) is 2.98. The largest absolute Gasteiger partial charge is 0.473 e. The lowest BCUT2D eigenvalue weighted by atomic mass is 10.0. The molecule has 1 saturated heterocycles. The zero-order valence-corrected chi connectivity index (χ0v) is 12.2. The Morgan fingerprint density at radius 1 is 1.24 bits per heavy atom. The van der Waals surface area contributed by atoms with Gasteiger partial charge in [-0.05, 0) is 26.0 Å². The van der Waals surface area contributed by atoms with Gasteiger partial charge in [-0.25, -0.2) is 4.98 Å². The molecule has 108 valence electrons. The molecule has 1 aromatic carbocycles. The van der Waals surface area contributed by atoms with E-state index in [1.807, 2.05) is 44.2 Å². The Labute approximate surface area is 124 Å². The van der Waals surface area contributed by atoms with Gasteiger partial charge in [-0.2, -0.15) is 5.26 Å². The standard InChI is InChI=1S/C17H18N2O2/c1-11-7-15(8-12(2)20-11)21-17-14(10-18)9-13-5-3-4-6-16(13)19-17/h3-6,9,11-12,15H,7-8H2,1-2H3. The highest BCUT2D eigenvalue weighted by molar-refractivity contribution is 5.80. The number of aromatic nitrogens is 1. The van der Waals surface area contributed by atoms with Crippen molar-refractivity contribution in [3.63, 3.8) is 0 Å². The van der Waals surface area contributed by atoms with Crippen LogP contribution < -0.4 is 4.74 Å². The molecule has 1 aliphatic rings. The van der Waals surface area contributed by atoms with Crippen molar-refractivity contribution in [2.24, 2.45) is 0 Å². The Kier molecular flexibility index (Phi) is 3.76. The number of ether oxygens (including phenoxy) is 2. The van der Waals surface area contributed by atoms with Crippen molar-refractivity contribution in [3.8, 4) is 11.9 Å². The number of nitrogens with zero attached hydrogens (tertiary/aromatic N) is 2. The lowest BCUT2D eigenvalue weighted by Crippen LogP contribution is -2.36. The molecule has 3 rings (SSSR count). The number of fused-ring (bicyclic) bond motifs is 1. The number of hydrogen-bond acceptors (Lipinski definition) is 4. The first-order chi connectivity index (χ1) is 10.2. The SMILES string of the molecule is CC1CC(Oc2nc3ccccc3cc2C#N)CC(C)O1. The quantitative estimate of drug-likeness (QED) is 0.846. The zero-order chi connectivity index (χ0) is 14.8. The fourth-order valence-corrected chi connectivity index (χ4v) is 2.87. The van der Waals surface area contributed by atoms with E-state index in [1.165, 1.54) is 0 Å². The lowest BCUT2D eigenvalue weighted by Gasteiger charge is -2.32. The summed E-state index contributed by atoms with van der Waals surface area (Å²) in [7, 11) is 0. The molecule has 1 fully saturated rings. The summed E-state index contributed by atoms with van der Waals surface area (Å²) in [4.78, 5) is 4.50. The first-order valence-electron chi connectivity index (χ1n) is 7.27. The maximum atomic E-state index is 9.32. The van der Waals surface area contributed by atoms with Crippen molar-refractivity contribution in [2.75, 3.05) is 0 Å². The molecule has 4 nitrogen and oxygen atoms in total. The highest BCUT2D eigenvalue weighted by atomic mass is 16.5. The van der Waals surface area contributed by atoms with Gasteiger partial charge in [0.1, 0.15) is 17.7 Å². The van der Waals surface area contributed by atoms with E-state index in [4.69, 9.17) is 9.47 Å². The van der Waals surface area contributed by atoms with E-state index in [1.54, 1.807) is 0 Å². The van der Waals surface area contributed by atoms with Crippen LogP contribution >= 0.6 is 0 Å². The van der Waals surface area contributed by atoms with E-state index in [0.717, 1.165) is 23.7 Å². The van der Waals surface area contributed by atoms with Crippen molar-refractivity contribution in [3.05, 3.63) is 35.9 Å². The Morgan fingerprint density at radius 3 is 2.67 bits per heavy atom. The van der Waals surface area contributed by atoms with Gasteiger partial charge in [-0.15, -0.1) is 0 Å². The summed E-state index contributed by atoms with van der Waals surface area (Å²) >= 11 is 0. The molecule has 21 heavy (non-hydrogen) atoms. The van der Waals surface area contributed by atoms with Gasteiger partial charge in [0, 0.05) is 18.2 Å². The molecule has 1 aromatic heterocycles. The molecule has 2 heterocycles. The zero-order valence-electron chi connectivity index (χ0n) is 12.2. The lowest BCUT2D eigenvalue weighted by molar-refractivity contribution is -0.0729. The van der Waals surface area contributed by atoms with Crippen LogP contribution in [0.15, 0.2) is 30.3 Å². The predicted octanol–water partition coefficient (Wildman–Crippen LogP) is 3.44. The number of pyridine rings is 1. The summed E-state index contributed by atoms with van der Waals surface area (Å²) in [5.41, 5.74) is 1.33. The van der Waals surface area contributed by atoms with Crippen LogP contribution in [0.5, 0.6) is 5.88 Å². The molecule has 2 aromatic rings. The number of rotatable bonds is 2. The third-order valence-corrected chi connectivity index (χ3v) is 3.74. The van der Waals surface area contributed by atoms with Crippen LogP contribution in [-0.2, 0) is 4.74 Å². The van der Waals surface area contributed by atoms with Gasteiger partial charge in [-0.3, -0.25) is 0 Å². The number of para-hydroxylation sites is 1. The topological polar surface area (TPSA) is 55.1 Å². The Balaban J connectivity index is 1.90. The second-order valence-corrected chi connectivity index (χ2v) is 5.61. The van der Waals surface area contributed by atoms with E-state index < -0.39 is 0 Å². The highest BCUT2D eigenvalue weighted by Gasteiger charge is 2.27. The number of hydrogen-bond donors (Lipinski definition) is 0. The highest BCUT2D eigenvalue weighted by Crippen LogP contribution is 2.27. The Morgan fingerprint density at radius 2 is 1.95 bits per heavy atom. The molecular formula is C17H18N2O2. The second-order valence-electron chi connectivity index (χ2n) is 5.61. The average molecular weight is 282 g/mol. The molecule has 0 aliphatic carbocycles. The van der Waals surface area contributed by atoms with Gasteiger partial charge in [0.05, 0.1) is 17.7 Å². The number of benzene rings is 1. The van der Waals surface area contributed by atoms with E-state index >= 15 is 0 Å². The number of nitriles is 1. The minimum absolute atomic E-state index is 0.0458.